The maximum Gasteiger partial charge on any atom is 0.261 e. The Kier molecular flexibility index (Phi) is 6.56. The fraction of sp³-hybridized carbons (Fsp3) is 0.350. The number of carbonyl (C=O) groups is 1. The lowest BCUT2D eigenvalue weighted by Crippen LogP contribution is -2.23. The van der Waals surface area contributed by atoms with Crippen LogP contribution in [0.3, 0.4) is 0 Å². The van der Waals surface area contributed by atoms with Gasteiger partial charge in [0.25, 0.3) is 5.91 Å². The van der Waals surface area contributed by atoms with E-state index in [1.165, 1.54) is 11.3 Å². The predicted octanol–water partition coefficient (Wildman–Crippen LogP) is 3.23. The van der Waals surface area contributed by atoms with Gasteiger partial charge in [0.05, 0.1) is 24.0 Å². The van der Waals surface area contributed by atoms with Gasteiger partial charge in [-0.2, -0.15) is 4.98 Å². The first-order valence-corrected chi connectivity index (χ1v) is 9.57. The molecule has 7 nitrogen and oxygen atoms in total. The number of hydrogen-bond acceptors (Lipinski definition) is 7. The summed E-state index contributed by atoms with van der Waals surface area (Å²) in [6, 6.07) is 7.88. The van der Waals surface area contributed by atoms with Crippen molar-refractivity contribution in [1.82, 2.24) is 15.3 Å². The molecule has 0 fully saturated rings. The van der Waals surface area contributed by atoms with Gasteiger partial charge >= 0.3 is 0 Å². The molecule has 0 spiro atoms. The first-order valence-electron chi connectivity index (χ1n) is 8.75. The molecule has 0 aliphatic rings. The van der Waals surface area contributed by atoms with Gasteiger partial charge < -0.3 is 19.5 Å². The van der Waals surface area contributed by atoms with Gasteiger partial charge in [-0.1, -0.05) is 24.3 Å². The molecule has 0 unspecified atom stereocenters. The van der Waals surface area contributed by atoms with Crippen LogP contribution in [0.5, 0.6) is 5.88 Å². The van der Waals surface area contributed by atoms with Crippen LogP contribution in [-0.4, -0.2) is 37.2 Å². The molecule has 3 rings (SSSR count). The van der Waals surface area contributed by atoms with E-state index in [4.69, 9.17) is 14.2 Å². The van der Waals surface area contributed by atoms with Crippen LogP contribution in [0, 0.1) is 6.92 Å². The Hall–Kier alpha value is -2.55. The zero-order valence-corrected chi connectivity index (χ0v) is 17.2. The summed E-state index contributed by atoms with van der Waals surface area (Å²) in [6.07, 6.45) is 0. The molecular formula is C20H23N3O4S. The van der Waals surface area contributed by atoms with Crippen molar-refractivity contribution in [2.24, 2.45) is 0 Å². The van der Waals surface area contributed by atoms with Crippen LogP contribution in [0.2, 0.25) is 0 Å². The first kappa shape index (κ1) is 20.2. The largest absolute Gasteiger partial charge is 0.480 e. The molecule has 28 heavy (non-hydrogen) atoms. The summed E-state index contributed by atoms with van der Waals surface area (Å²) >= 11 is 1.33. The minimum Gasteiger partial charge on any atom is -0.480 e. The number of thiophene rings is 1. The molecule has 1 aromatic carbocycles. The average molecular weight is 401 g/mol. The van der Waals surface area contributed by atoms with Gasteiger partial charge in [0.2, 0.25) is 5.88 Å². The van der Waals surface area contributed by atoms with Gasteiger partial charge in [-0.15, -0.1) is 11.3 Å². The highest BCUT2D eigenvalue weighted by molar-refractivity contribution is 7.20. The van der Waals surface area contributed by atoms with Crippen molar-refractivity contribution in [3.8, 4) is 5.88 Å². The average Bonchev–Trinajstić information content (AvgIpc) is 3.03. The minimum absolute atomic E-state index is 0.150. The van der Waals surface area contributed by atoms with Crippen molar-refractivity contribution >= 4 is 27.5 Å². The van der Waals surface area contributed by atoms with Gasteiger partial charge in [0.15, 0.2) is 5.82 Å². The molecule has 0 aliphatic carbocycles. The van der Waals surface area contributed by atoms with E-state index in [1.807, 2.05) is 31.2 Å². The van der Waals surface area contributed by atoms with Crippen molar-refractivity contribution in [1.29, 1.82) is 0 Å². The predicted molar refractivity (Wildman–Crippen MR) is 108 cm³/mol. The van der Waals surface area contributed by atoms with Gasteiger partial charge in [0.1, 0.15) is 11.4 Å². The van der Waals surface area contributed by atoms with Gasteiger partial charge in [-0.25, -0.2) is 4.98 Å². The third-order valence-corrected chi connectivity index (χ3v) is 5.52. The lowest BCUT2D eigenvalue weighted by atomic mass is 10.1. The third-order valence-electron chi connectivity index (χ3n) is 4.33. The topological polar surface area (TPSA) is 82.6 Å². The van der Waals surface area contributed by atoms with E-state index in [0.717, 1.165) is 22.1 Å². The number of nitrogens with one attached hydrogen (secondary N) is 1. The molecule has 0 bridgehead atoms. The Labute approximate surface area is 167 Å². The normalized spacial score (nSPS) is 11.0. The second kappa shape index (κ2) is 9.09. The number of carbonyl (C=O) groups excluding carboxylic acids is 1. The van der Waals surface area contributed by atoms with Gasteiger partial charge in [-0.3, -0.25) is 4.79 Å². The summed E-state index contributed by atoms with van der Waals surface area (Å²) in [6.45, 7) is 3.09. The highest BCUT2D eigenvalue weighted by atomic mass is 32.1. The zero-order chi connectivity index (χ0) is 20.1. The summed E-state index contributed by atoms with van der Waals surface area (Å²) in [7, 11) is 4.80. The summed E-state index contributed by atoms with van der Waals surface area (Å²) < 4.78 is 15.8. The SMILES string of the molecule is COCc1nc(OC)c2c(C)c(C(=O)NCc3ccccc3COC)sc2n1. The smallest absolute Gasteiger partial charge is 0.261 e. The molecule has 148 valence electrons. The second-order valence-electron chi connectivity index (χ2n) is 6.20. The Morgan fingerprint density at radius 1 is 1.07 bits per heavy atom. The molecular weight excluding hydrogens is 378 g/mol. The van der Waals surface area contributed by atoms with Crippen molar-refractivity contribution in [2.45, 2.75) is 26.7 Å². The van der Waals surface area contributed by atoms with E-state index in [2.05, 4.69) is 15.3 Å². The number of aromatic nitrogens is 2. The van der Waals surface area contributed by atoms with E-state index in [0.29, 0.717) is 34.6 Å². The van der Waals surface area contributed by atoms with Crippen LogP contribution in [-0.2, 0) is 29.2 Å². The molecule has 0 saturated heterocycles. The standard InChI is InChI=1S/C20H23N3O4S/c1-12-16-19(27-4)22-15(11-26-3)23-20(16)28-17(12)18(24)21-9-13-7-5-6-8-14(13)10-25-2/h5-8H,9-11H2,1-4H3,(H,21,24). The lowest BCUT2D eigenvalue weighted by Gasteiger charge is -2.10. The highest BCUT2D eigenvalue weighted by Gasteiger charge is 2.21. The Bertz CT molecular complexity index is 987. The molecule has 8 heteroatoms. The lowest BCUT2D eigenvalue weighted by molar-refractivity contribution is 0.0954. The minimum atomic E-state index is -0.150. The number of fused-ring (bicyclic) bond motifs is 1. The van der Waals surface area contributed by atoms with Gasteiger partial charge in [0, 0.05) is 20.8 Å². The molecule has 2 heterocycles. The van der Waals surface area contributed by atoms with E-state index in [9.17, 15) is 4.79 Å². The fourth-order valence-corrected chi connectivity index (χ4v) is 4.09. The molecule has 1 N–H and O–H groups in total. The number of methoxy groups -OCH3 is 3. The van der Waals surface area contributed by atoms with Crippen LogP contribution < -0.4 is 10.1 Å². The molecule has 1 amide bonds. The number of rotatable bonds is 8. The van der Waals surface area contributed by atoms with Gasteiger partial charge in [-0.05, 0) is 23.6 Å². The molecule has 0 atom stereocenters. The van der Waals surface area contributed by atoms with E-state index in [1.54, 1.807) is 21.3 Å². The van der Waals surface area contributed by atoms with Crippen molar-refractivity contribution in [2.75, 3.05) is 21.3 Å². The van der Waals surface area contributed by atoms with E-state index in [-0.39, 0.29) is 12.5 Å². The maximum atomic E-state index is 12.8. The first-order chi connectivity index (χ1) is 13.6. The molecule has 3 aromatic rings. The molecule has 0 radical (unpaired) electrons. The van der Waals surface area contributed by atoms with Crippen molar-refractivity contribution in [3.63, 3.8) is 0 Å². The van der Waals surface area contributed by atoms with E-state index < -0.39 is 0 Å². The highest BCUT2D eigenvalue weighted by Crippen LogP contribution is 2.35. The zero-order valence-electron chi connectivity index (χ0n) is 16.4. The Morgan fingerprint density at radius 3 is 2.46 bits per heavy atom. The number of ether oxygens (including phenoxy) is 3. The summed E-state index contributed by atoms with van der Waals surface area (Å²) in [5.74, 6) is 0.826. The maximum absolute atomic E-state index is 12.8. The third kappa shape index (κ3) is 4.14. The monoisotopic (exact) mass is 401 g/mol. The summed E-state index contributed by atoms with van der Waals surface area (Å²) in [4.78, 5) is 23.0. The molecule has 0 aliphatic heterocycles. The van der Waals surface area contributed by atoms with Crippen LogP contribution in [0.15, 0.2) is 24.3 Å². The quantitative estimate of drug-likeness (QED) is 0.624. The second-order valence-corrected chi connectivity index (χ2v) is 7.20. The number of amides is 1. The van der Waals surface area contributed by atoms with Crippen LogP contribution in [0.25, 0.3) is 10.2 Å². The Morgan fingerprint density at radius 2 is 1.79 bits per heavy atom. The number of hydrogen-bond donors (Lipinski definition) is 1. The number of aryl methyl sites for hydroxylation is 1. The number of benzene rings is 1. The van der Waals surface area contributed by atoms with Crippen molar-refractivity contribution in [3.05, 3.63) is 51.7 Å². The Balaban J connectivity index is 1.87. The van der Waals surface area contributed by atoms with Crippen LogP contribution in [0.1, 0.15) is 32.2 Å². The number of nitrogens with zero attached hydrogens (tertiary/aromatic N) is 2. The summed E-state index contributed by atoms with van der Waals surface area (Å²) in [5, 5.41) is 3.76. The van der Waals surface area contributed by atoms with Crippen molar-refractivity contribution < 1.29 is 19.0 Å². The fourth-order valence-electron chi connectivity index (χ4n) is 2.98. The molecule has 0 saturated carbocycles. The van der Waals surface area contributed by atoms with Crippen LogP contribution >= 0.6 is 11.3 Å². The molecule has 2 aromatic heterocycles. The summed E-state index contributed by atoms with van der Waals surface area (Å²) in [5.41, 5.74) is 2.88. The van der Waals surface area contributed by atoms with Crippen LogP contribution in [0.4, 0.5) is 0 Å². The van der Waals surface area contributed by atoms with E-state index >= 15 is 0 Å².